The van der Waals surface area contributed by atoms with Gasteiger partial charge in [-0.3, -0.25) is 4.90 Å². The highest BCUT2D eigenvalue weighted by Crippen LogP contribution is 2.22. The van der Waals surface area contributed by atoms with E-state index in [0.29, 0.717) is 5.54 Å². The molecule has 0 radical (unpaired) electrons. The van der Waals surface area contributed by atoms with Gasteiger partial charge >= 0.3 is 0 Å². The molecule has 0 spiro atoms. The third kappa shape index (κ3) is 4.04. The molecular formula is C16H28N2S. The monoisotopic (exact) mass is 280 g/mol. The number of hydrogen-bond donors (Lipinski definition) is 1. The van der Waals surface area contributed by atoms with E-state index < -0.39 is 0 Å². The predicted molar refractivity (Wildman–Crippen MR) is 85.0 cm³/mol. The number of thiophene rings is 1. The van der Waals surface area contributed by atoms with E-state index in [-0.39, 0.29) is 0 Å². The summed E-state index contributed by atoms with van der Waals surface area (Å²) in [5, 5.41) is 5.95. The minimum atomic E-state index is 0.305. The van der Waals surface area contributed by atoms with Crippen molar-refractivity contribution in [2.75, 3.05) is 19.6 Å². The van der Waals surface area contributed by atoms with Crippen LogP contribution in [0.15, 0.2) is 17.5 Å². The fraction of sp³-hybridized carbons (Fsp3) is 0.750. The number of nitrogens with one attached hydrogen (secondary N) is 1. The second-order valence-corrected chi connectivity index (χ2v) is 7.07. The topological polar surface area (TPSA) is 15.3 Å². The van der Waals surface area contributed by atoms with E-state index in [1.165, 1.54) is 43.6 Å². The van der Waals surface area contributed by atoms with Gasteiger partial charge in [-0.25, -0.2) is 0 Å². The van der Waals surface area contributed by atoms with Gasteiger partial charge in [-0.05, 0) is 37.6 Å². The maximum atomic E-state index is 3.76. The second kappa shape index (κ2) is 6.87. The molecule has 2 nitrogen and oxygen atoms in total. The molecular weight excluding hydrogens is 252 g/mol. The summed E-state index contributed by atoms with van der Waals surface area (Å²) >= 11 is 1.89. The van der Waals surface area contributed by atoms with Crippen LogP contribution in [-0.4, -0.2) is 36.1 Å². The van der Waals surface area contributed by atoms with Crippen LogP contribution in [0.1, 0.15) is 44.9 Å². The van der Waals surface area contributed by atoms with Crippen molar-refractivity contribution >= 4 is 11.3 Å². The lowest BCUT2D eigenvalue weighted by Crippen LogP contribution is -2.62. The van der Waals surface area contributed by atoms with Crippen LogP contribution in [-0.2, 0) is 6.42 Å². The van der Waals surface area contributed by atoms with Crippen LogP contribution in [0.2, 0.25) is 0 Å². The molecule has 2 rings (SSSR count). The average Bonchev–Trinajstić information content (AvgIpc) is 2.93. The predicted octanol–water partition coefficient (Wildman–Crippen LogP) is 3.53. The lowest BCUT2D eigenvalue weighted by molar-refractivity contribution is 0.0804. The highest BCUT2D eigenvalue weighted by atomic mass is 32.1. The summed E-state index contributed by atoms with van der Waals surface area (Å²) in [7, 11) is 0. The fourth-order valence-electron chi connectivity index (χ4n) is 2.95. The van der Waals surface area contributed by atoms with Gasteiger partial charge in [0.25, 0.3) is 0 Å². The van der Waals surface area contributed by atoms with Crippen molar-refractivity contribution in [1.29, 1.82) is 0 Å². The van der Waals surface area contributed by atoms with Gasteiger partial charge in [-0.2, -0.15) is 0 Å². The summed E-state index contributed by atoms with van der Waals surface area (Å²) in [5.41, 5.74) is 0.305. The summed E-state index contributed by atoms with van der Waals surface area (Å²) in [6.07, 6.45) is 5.01. The van der Waals surface area contributed by atoms with E-state index in [2.05, 4.69) is 48.5 Å². The second-order valence-electron chi connectivity index (χ2n) is 6.04. The molecule has 0 bridgehead atoms. The van der Waals surface area contributed by atoms with Crippen LogP contribution >= 0.6 is 11.3 Å². The minimum absolute atomic E-state index is 0.305. The lowest BCUT2D eigenvalue weighted by atomic mass is 9.92. The zero-order valence-electron chi connectivity index (χ0n) is 12.6. The molecule has 2 heterocycles. The Labute approximate surface area is 122 Å². The summed E-state index contributed by atoms with van der Waals surface area (Å²) in [6, 6.07) is 5.16. The quantitative estimate of drug-likeness (QED) is 0.857. The van der Waals surface area contributed by atoms with Gasteiger partial charge in [0.2, 0.25) is 0 Å². The van der Waals surface area contributed by atoms with E-state index in [0.717, 1.165) is 12.6 Å². The third-order valence-electron chi connectivity index (χ3n) is 4.46. The van der Waals surface area contributed by atoms with E-state index >= 15 is 0 Å². The van der Waals surface area contributed by atoms with E-state index in [1.54, 1.807) is 0 Å². The number of hydrogen-bond acceptors (Lipinski definition) is 3. The Morgan fingerprint density at radius 2 is 2.32 bits per heavy atom. The van der Waals surface area contributed by atoms with Gasteiger partial charge in [0, 0.05) is 36.1 Å². The Kier molecular flexibility index (Phi) is 5.43. The van der Waals surface area contributed by atoms with Crippen LogP contribution in [0.4, 0.5) is 0 Å². The smallest absolute Gasteiger partial charge is 0.0278 e. The molecule has 19 heavy (non-hydrogen) atoms. The summed E-state index contributed by atoms with van der Waals surface area (Å²) < 4.78 is 0. The lowest BCUT2D eigenvalue weighted by Gasteiger charge is -2.46. The normalized spacial score (nSPS) is 28.7. The summed E-state index contributed by atoms with van der Waals surface area (Å²) in [6.45, 7) is 10.5. The first-order valence-corrected chi connectivity index (χ1v) is 8.56. The fourth-order valence-corrected chi connectivity index (χ4v) is 3.65. The summed E-state index contributed by atoms with van der Waals surface area (Å²) in [5.74, 6) is 0. The maximum Gasteiger partial charge on any atom is 0.0278 e. The van der Waals surface area contributed by atoms with Gasteiger partial charge in [-0.1, -0.05) is 26.3 Å². The van der Waals surface area contributed by atoms with E-state index in [9.17, 15) is 0 Å². The molecule has 1 saturated heterocycles. The highest BCUT2D eigenvalue weighted by molar-refractivity contribution is 7.09. The average molecular weight is 280 g/mol. The SMILES string of the molecule is CCCC1CNC(C)(CC)CN1CCc1cccs1. The Hall–Kier alpha value is -0.380. The van der Waals surface area contributed by atoms with Crippen molar-refractivity contribution in [3.05, 3.63) is 22.4 Å². The van der Waals surface area contributed by atoms with Crippen molar-refractivity contribution < 1.29 is 0 Å². The van der Waals surface area contributed by atoms with Crippen molar-refractivity contribution in [1.82, 2.24) is 10.2 Å². The van der Waals surface area contributed by atoms with Crippen molar-refractivity contribution in [2.45, 2.75) is 58.0 Å². The van der Waals surface area contributed by atoms with Gasteiger partial charge < -0.3 is 5.32 Å². The molecule has 0 amide bonds. The van der Waals surface area contributed by atoms with Crippen molar-refractivity contribution in [2.24, 2.45) is 0 Å². The first kappa shape index (κ1) is 15.0. The van der Waals surface area contributed by atoms with Crippen molar-refractivity contribution in [3.8, 4) is 0 Å². The number of rotatable bonds is 6. The molecule has 108 valence electrons. The largest absolute Gasteiger partial charge is 0.309 e. The van der Waals surface area contributed by atoms with Crippen LogP contribution in [0.3, 0.4) is 0 Å². The number of piperazine rings is 1. The third-order valence-corrected chi connectivity index (χ3v) is 5.40. The molecule has 1 fully saturated rings. The molecule has 1 aliphatic rings. The Morgan fingerprint density at radius 3 is 2.95 bits per heavy atom. The Morgan fingerprint density at radius 1 is 1.47 bits per heavy atom. The number of nitrogens with zero attached hydrogens (tertiary/aromatic N) is 1. The van der Waals surface area contributed by atoms with Crippen molar-refractivity contribution in [3.63, 3.8) is 0 Å². The molecule has 1 aliphatic heterocycles. The van der Waals surface area contributed by atoms with Gasteiger partial charge in [0.05, 0.1) is 0 Å². The van der Waals surface area contributed by atoms with E-state index in [1.807, 2.05) is 11.3 Å². The van der Waals surface area contributed by atoms with Gasteiger partial charge in [-0.15, -0.1) is 11.3 Å². The molecule has 0 aliphatic carbocycles. The highest BCUT2D eigenvalue weighted by Gasteiger charge is 2.33. The van der Waals surface area contributed by atoms with Crippen LogP contribution in [0.25, 0.3) is 0 Å². The molecule has 0 aromatic carbocycles. The van der Waals surface area contributed by atoms with Crippen LogP contribution in [0.5, 0.6) is 0 Å². The van der Waals surface area contributed by atoms with Gasteiger partial charge in [0.1, 0.15) is 0 Å². The first-order chi connectivity index (χ1) is 9.17. The zero-order chi connectivity index (χ0) is 13.7. The Balaban J connectivity index is 1.94. The molecule has 2 atom stereocenters. The standard InChI is InChI=1S/C16H28N2S/c1-4-7-14-12-17-16(3,5-2)13-18(14)10-9-15-8-6-11-19-15/h6,8,11,14,17H,4-5,7,9-10,12-13H2,1-3H3. The zero-order valence-corrected chi connectivity index (χ0v) is 13.4. The van der Waals surface area contributed by atoms with Crippen LogP contribution < -0.4 is 5.32 Å². The molecule has 3 heteroatoms. The summed E-state index contributed by atoms with van der Waals surface area (Å²) in [4.78, 5) is 4.25. The van der Waals surface area contributed by atoms with E-state index in [4.69, 9.17) is 0 Å². The molecule has 1 aromatic heterocycles. The maximum absolute atomic E-state index is 3.76. The first-order valence-electron chi connectivity index (χ1n) is 7.68. The van der Waals surface area contributed by atoms with Gasteiger partial charge in [0.15, 0.2) is 0 Å². The minimum Gasteiger partial charge on any atom is -0.309 e. The molecule has 0 saturated carbocycles. The molecule has 2 unspecified atom stereocenters. The van der Waals surface area contributed by atoms with Crippen LogP contribution in [0, 0.1) is 0 Å². The molecule has 1 N–H and O–H groups in total. The molecule has 1 aromatic rings. The Bertz CT molecular complexity index is 363.